The molecule has 1 amide bonds. The minimum Gasteiger partial charge on any atom is -0.480 e. The smallest absolute Gasteiger partial charge is 0.326 e. The molecule has 21 heavy (non-hydrogen) atoms. The summed E-state index contributed by atoms with van der Waals surface area (Å²) in [6.07, 6.45) is 6.18. The normalized spacial score (nSPS) is 24.2. The largest absolute Gasteiger partial charge is 0.480 e. The molecule has 3 N–H and O–H groups in total. The van der Waals surface area contributed by atoms with Crippen LogP contribution in [0.3, 0.4) is 0 Å². The number of carboxylic acids is 1. The lowest BCUT2D eigenvalue weighted by molar-refractivity contribution is -0.149. The second-order valence-corrected chi connectivity index (χ2v) is 5.68. The fraction of sp³-hybridized carbons (Fsp3) is 0.500. The average Bonchev–Trinajstić information content (AvgIpc) is 3.11. The zero-order chi connectivity index (χ0) is 15.6. The molecule has 5 nitrogen and oxygen atoms in total. The molecule has 0 spiro atoms. The molecule has 1 aliphatic carbocycles. The number of likely N-dealkylation sites (tertiary alicyclic amines) is 1. The molecule has 0 aromatic carbocycles. The van der Waals surface area contributed by atoms with Gasteiger partial charge in [-0.05, 0) is 42.7 Å². The number of carbonyl (C=O) groups excluding carboxylic acids is 1. The van der Waals surface area contributed by atoms with E-state index in [0.29, 0.717) is 32.2 Å². The van der Waals surface area contributed by atoms with Gasteiger partial charge in [0.25, 0.3) is 0 Å². The van der Waals surface area contributed by atoms with Gasteiger partial charge in [0.15, 0.2) is 0 Å². The Kier molecular flexibility index (Phi) is 4.63. The maximum Gasteiger partial charge on any atom is 0.326 e. The van der Waals surface area contributed by atoms with Crippen molar-refractivity contribution in [1.29, 1.82) is 0 Å². The van der Waals surface area contributed by atoms with Gasteiger partial charge in [-0.2, -0.15) is 0 Å². The van der Waals surface area contributed by atoms with E-state index in [4.69, 9.17) is 5.73 Å². The molecule has 1 heterocycles. The highest BCUT2D eigenvalue weighted by Crippen LogP contribution is 2.35. The summed E-state index contributed by atoms with van der Waals surface area (Å²) in [6.45, 7) is 8.02. The van der Waals surface area contributed by atoms with Gasteiger partial charge in [0, 0.05) is 6.54 Å². The quantitative estimate of drug-likeness (QED) is 0.803. The third-order valence-electron chi connectivity index (χ3n) is 4.48. The van der Waals surface area contributed by atoms with Gasteiger partial charge < -0.3 is 15.7 Å². The number of hydrogen-bond acceptors (Lipinski definition) is 3. The highest BCUT2D eigenvalue weighted by Gasteiger charge is 2.39. The molecule has 2 atom stereocenters. The molecular formula is C16H22N2O3. The summed E-state index contributed by atoms with van der Waals surface area (Å²) in [7, 11) is 0. The lowest BCUT2D eigenvalue weighted by Gasteiger charge is -2.27. The zero-order valence-corrected chi connectivity index (χ0v) is 12.1. The minimum absolute atomic E-state index is 0.00598. The Morgan fingerprint density at radius 1 is 1.29 bits per heavy atom. The molecule has 1 saturated heterocycles. The topological polar surface area (TPSA) is 83.6 Å². The third kappa shape index (κ3) is 2.93. The van der Waals surface area contributed by atoms with Crippen LogP contribution in [0.5, 0.6) is 0 Å². The summed E-state index contributed by atoms with van der Waals surface area (Å²) in [5.74, 6) is -1.21. The van der Waals surface area contributed by atoms with Crippen LogP contribution in [0.2, 0.25) is 0 Å². The van der Waals surface area contributed by atoms with E-state index in [2.05, 4.69) is 13.2 Å². The Morgan fingerprint density at radius 2 is 1.86 bits per heavy atom. The first kappa shape index (κ1) is 15.5. The predicted octanol–water partition coefficient (Wildman–Crippen LogP) is 1.47. The molecular weight excluding hydrogens is 268 g/mol. The van der Waals surface area contributed by atoms with Crippen LogP contribution in [0.4, 0.5) is 0 Å². The first-order chi connectivity index (χ1) is 9.99. The number of carbonyl (C=O) groups is 2. The highest BCUT2D eigenvalue weighted by atomic mass is 16.4. The molecule has 1 aliphatic heterocycles. The van der Waals surface area contributed by atoms with E-state index in [0.717, 1.165) is 11.1 Å². The second-order valence-electron chi connectivity index (χ2n) is 5.68. The summed E-state index contributed by atoms with van der Waals surface area (Å²) in [5, 5.41) is 9.17. The Balaban J connectivity index is 2.06. The van der Waals surface area contributed by atoms with Gasteiger partial charge in [-0.25, -0.2) is 4.79 Å². The van der Waals surface area contributed by atoms with Crippen molar-refractivity contribution in [2.45, 2.75) is 37.8 Å². The number of nitrogens with two attached hydrogens (primary N) is 1. The van der Waals surface area contributed by atoms with Crippen LogP contribution in [0.25, 0.3) is 0 Å². The van der Waals surface area contributed by atoms with Crippen molar-refractivity contribution in [2.24, 2.45) is 11.7 Å². The Labute approximate surface area is 124 Å². The fourth-order valence-corrected chi connectivity index (χ4v) is 3.26. The van der Waals surface area contributed by atoms with Crippen LogP contribution in [0.15, 0.2) is 36.5 Å². The van der Waals surface area contributed by atoms with E-state index in [9.17, 15) is 14.7 Å². The van der Waals surface area contributed by atoms with Crippen LogP contribution in [0.1, 0.15) is 25.7 Å². The molecule has 5 heteroatoms. The first-order valence-corrected chi connectivity index (χ1v) is 7.25. The summed E-state index contributed by atoms with van der Waals surface area (Å²) in [6, 6.07) is -1.40. The van der Waals surface area contributed by atoms with Crippen molar-refractivity contribution in [3.8, 4) is 0 Å². The van der Waals surface area contributed by atoms with Crippen molar-refractivity contribution < 1.29 is 14.7 Å². The van der Waals surface area contributed by atoms with Gasteiger partial charge in [0.05, 0.1) is 6.04 Å². The van der Waals surface area contributed by atoms with E-state index in [1.165, 1.54) is 4.90 Å². The van der Waals surface area contributed by atoms with Gasteiger partial charge in [0.1, 0.15) is 6.04 Å². The number of hydrogen-bond donors (Lipinski definition) is 2. The predicted molar refractivity (Wildman–Crippen MR) is 80.5 cm³/mol. The van der Waals surface area contributed by atoms with E-state index in [1.54, 1.807) is 12.2 Å². The van der Waals surface area contributed by atoms with Crippen LogP contribution < -0.4 is 5.73 Å². The van der Waals surface area contributed by atoms with E-state index < -0.39 is 18.1 Å². The molecule has 0 saturated carbocycles. The molecule has 2 aliphatic rings. The molecule has 0 radical (unpaired) electrons. The van der Waals surface area contributed by atoms with Gasteiger partial charge in [-0.15, -0.1) is 0 Å². The number of allylic oxidation sites excluding steroid dienone is 4. The van der Waals surface area contributed by atoms with E-state index >= 15 is 0 Å². The Morgan fingerprint density at radius 3 is 2.33 bits per heavy atom. The second kappa shape index (κ2) is 6.26. The molecule has 0 aromatic heterocycles. The van der Waals surface area contributed by atoms with Crippen LogP contribution in [-0.4, -0.2) is 40.5 Å². The molecule has 0 bridgehead atoms. The van der Waals surface area contributed by atoms with Crippen molar-refractivity contribution in [3.63, 3.8) is 0 Å². The SMILES string of the molecule is C=CC1=C(C=C)CC([C@H](N)C(=O)N2CCCC2C(=O)O)C1. The lowest BCUT2D eigenvalue weighted by Crippen LogP contribution is -2.51. The van der Waals surface area contributed by atoms with Crippen LogP contribution >= 0.6 is 0 Å². The number of carboxylic acid groups (broad SMARTS) is 1. The van der Waals surface area contributed by atoms with Gasteiger partial charge in [0.2, 0.25) is 5.91 Å². The Hall–Kier alpha value is -1.88. The van der Waals surface area contributed by atoms with Gasteiger partial charge in [-0.3, -0.25) is 4.79 Å². The number of amides is 1. The molecule has 0 aromatic rings. The van der Waals surface area contributed by atoms with Crippen molar-refractivity contribution >= 4 is 11.9 Å². The molecule has 114 valence electrons. The zero-order valence-electron chi connectivity index (χ0n) is 12.1. The average molecular weight is 290 g/mol. The summed E-state index contributed by atoms with van der Waals surface area (Å²) in [4.78, 5) is 25.1. The van der Waals surface area contributed by atoms with Crippen molar-refractivity contribution in [2.75, 3.05) is 6.54 Å². The van der Waals surface area contributed by atoms with Crippen molar-refractivity contribution in [3.05, 3.63) is 36.5 Å². The molecule has 1 unspecified atom stereocenters. The minimum atomic E-state index is -0.948. The maximum atomic E-state index is 12.5. The van der Waals surface area contributed by atoms with Gasteiger partial charge >= 0.3 is 5.97 Å². The maximum absolute atomic E-state index is 12.5. The van der Waals surface area contributed by atoms with Crippen molar-refractivity contribution in [1.82, 2.24) is 4.90 Å². The summed E-state index contributed by atoms with van der Waals surface area (Å²) in [5.41, 5.74) is 8.28. The van der Waals surface area contributed by atoms with E-state index in [1.807, 2.05) is 0 Å². The molecule has 1 fully saturated rings. The highest BCUT2D eigenvalue weighted by molar-refractivity contribution is 5.87. The van der Waals surface area contributed by atoms with E-state index in [-0.39, 0.29) is 11.8 Å². The summed E-state index contributed by atoms with van der Waals surface area (Å²) < 4.78 is 0. The summed E-state index contributed by atoms with van der Waals surface area (Å²) >= 11 is 0. The number of nitrogens with zero attached hydrogens (tertiary/aromatic N) is 1. The number of rotatable bonds is 5. The third-order valence-corrected chi connectivity index (χ3v) is 4.48. The fourth-order valence-electron chi connectivity index (χ4n) is 3.26. The standard InChI is InChI=1S/C16H22N2O3/c1-3-10-8-12(9-11(10)4-2)14(17)15(19)18-7-5-6-13(18)16(20)21/h3-4,12-14H,1-2,5-9,17H2,(H,20,21)/t13?,14-/m0/s1. The van der Waals surface area contributed by atoms with Crippen LogP contribution in [0, 0.1) is 5.92 Å². The first-order valence-electron chi connectivity index (χ1n) is 7.25. The lowest BCUT2D eigenvalue weighted by atomic mass is 9.94. The Bertz CT molecular complexity index is 490. The number of aliphatic carboxylic acids is 1. The van der Waals surface area contributed by atoms with Crippen LogP contribution in [-0.2, 0) is 9.59 Å². The van der Waals surface area contributed by atoms with Gasteiger partial charge in [-0.1, -0.05) is 25.3 Å². The molecule has 2 rings (SSSR count). The monoisotopic (exact) mass is 290 g/mol.